The maximum Gasteiger partial charge on any atom is 0.340 e. The molecular formula is C14H10Br4O6. The minimum Gasteiger partial charge on any atom is -0.459 e. The molecule has 0 bridgehead atoms. The van der Waals surface area contributed by atoms with Gasteiger partial charge in [0.15, 0.2) is 0 Å². The summed E-state index contributed by atoms with van der Waals surface area (Å²) in [7, 11) is 0. The van der Waals surface area contributed by atoms with Gasteiger partial charge in [0.05, 0.1) is 24.3 Å². The van der Waals surface area contributed by atoms with Crippen molar-refractivity contribution < 1.29 is 28.5 Å². The Labute approximate surface area is 171 Å². The van der Waals surface area contributed by atoms with Crippen molar-refractivity contribution in [1.29, 1.82) is 0 Å². The maximum absolute atomic E-state index is 12.3. The summed E-state index contributed by atoms with van der Waals surface area (Å²) in [6, 6.07) is 0. The van der Waals surface area contributed by atoms with Crippen molar-refractivity contribution in [3.8, 4) is 0 Å². The molecule has 0 spiro atoms. The van der Waals surface area contributed by atoms with Gasteiger partial charge in [0.25, 0.3) is 0 Å². The van der Waals surface area contributed by atoms with Crippen LogP contribution in [0.1, 0.15) is 20.7 Å². The van der Waals surface area contributed by atoms with Gasteiger partial charge in [-0.3, -0.25) is 0 Å². The Kier molecular flexibility index (Phi) is 6.03. The van der Waals surface area contributed by atoms with Gasteiger partial charge in [0.1, 0.15) is 25.4 Å². The first-order valence-corrected chi connectivity index (χ1v) is 10.0. The first kappa shape index (κ1) is 18.8. The molecule has 0 aliphatic carbocycles. The molecule has 2 atom stereocenters. The lowest BCUT2D eigenvalue weighted by Gasteiger charge is -2.15. The molecule has 6 nitrogen and oxygen atoms in total. The van der Waals surface area contributed by atoms with Crippen LogP contribution in [0.5, 0.6) is 0 Å². The molecule has 10 heteroatoms. The number of rotatable bonds is 6. The molecule has 130 valence electrons. The number of carbonyl (C=O) groups excluding carboxylic acids is 2. The third-order valence-corrected chi connectivity index (χ3v) is 7.51. The van der Waals surface area contributed by atoms with Crippen LogP contribution in [0.2, 0.25) is 0 Å². The van der Waals surface area contributed by atoms with Gasteiger partial charge in [-0.25, -0.2) is 9.59 Å². The van der Waals surface area contributed by atoms with Crippen LogP contribution < -0.4 is 0 Å². The lowest BCUT2D eigenvalue weighted by Crippen LogP contribution is -2.15. The predicted molar refractivity (Wildman–Crippen MR) is 97.3 cm³/mol. The van der Waals surface area contributed by atoms with Gasteiger partial charge < -0.3 is 18.9 Å². The third kappa shape index (κ3) is 4.21. The fourth-order valence-corrected chi connectivity index (χ4v) is 4.57. The van der Waals surface area contributed by atoms with Gasteiger partial charge in [0.2, 0.25) is 0 Å². The highest BCUT2D eigenvalue weighted by Gasteiger charge is 2.31. The van der Waals surface area contributed by atoms with Crippen molar-refractivity contribution in [3.63, 3.8) is 0 Å². The van der Waals surface area contributed by atoms with Crippen LogP contribution in [-0.4, -0.2) is 50.6 Å². The maximum atomic E-state index is 12.3. The van der Waals surface area contributed by atoms with Crippen molar-refractivity contribution in [2.75, 3.05) is 26.4 Å². The zero-order valence-corrected chi connectivity index (χ0v) is 18.3. The molecule has 0 radical (unpaired) electrons. The topological polar surface area (TPSA) is 77.7 Å². The second kappa shape index (κ2) is 7.71. The van der Waals surface area contributed by atoms with Crippen LogP contribution in [0.4, 0.5) is 0 Å². The first-order chi connectivity index (χ1) is 11.4. The van der Waals surface area contributed by atoms with Crippen molar-refractivity contribution >= 4 is 75.7 Å². The monoisotopic (exact) mass is 590 g/mol. The number of halogens is 4. The molecule has 0 N–H and O–H groups in total. The van der Waals surface area contributed by atoms with Crippen LogP contribution in [0.15, 0.2) is 17.9 Å². The SMILES string of the molecule is O=C(OCC1CO1)c1c(Br)c(Br)c(C(=O)OCC2CO2)c(Br)c1Br. The number of ether oxygens (including phenoxy) is 4. The van der Waals surface area contributed by atoms with Crippen molar-refractivity contribution in [3.05, 3.63) is 29.0 Å². The molecule has 2 aliphatic rings. The van der Waals surface area contributed by atoms with Crippen LogP contribution in [0.25, 0.3) is 0 Å². The van der Waals surface area contributed by atoms with E-state index in [2.05, 4.69) is 63.7 Å². The lowest BCUT2D eigenvalue weighted by molar-refractivity contribution is 0.0459. The molecule has 2 fully saturated rings. The molecule has 0 saturated carbocycles. The molecule has 2 saturated heterocycles. The van der Waals surface area contributed by atoms with E-state index < -0.39 is 11.9 Å². The van der Waals surface area contributed by atoms with E-state index in [9.17, 15) is 9.59 Å². The van der Waals surface area contributed by atoms with Gasteiger partial charge in [-0.15, -0.1) is 0 Å². The normalized spacial score (nSPS) is 21.3. The van der Waals surface area contributed by atoms with E-state index in [0.29, 0.717) is 31.1 Å². The minimum absolute atomic E-state index is 0.0303. The number of epoxide rings is 2. The molecule has 1 aromatic carbocycles. The van der Waals surface area contributed by atoms with Crippen LogP contribution in [0, 0.1) is 0 Å². The van der Waals surface area contributed by atoms with Gasteiger partial charge in [-0.2, -0.15) is 0 Å². The Balaban J connectivity index is 1.85. The molecule has 0 amide bonds. The van der Waals surface area contributed by atoms with E-state index in [1.807, 2.05) is 0 Å². The number of benzene rings is 1. The molecule has 3 rings (SSSR count). The van der Waals surface area contributed by atoms with Crippen molar-refractivity contribution in [1.82, 2.24) is 0 Å². The van der Waals surface area contributed by atoms with Crippen LogP contribution >= 0.6 is 63.7 Å². The van der Waals surface area contributed by atoms with Crippen molar-refractivity contribution in [2.24, 2.45) is 0 Å². The molecule has 1 aromatic rings. The number of hydrogen-bond donors (Lipinski definition) is 0. The summed E-state index contributed by atoms with van der Waals surface area (Å²) < 4.78 is 22.0. The summed E-state index contributed by atoms with van der Waals surface area (Å²) in [5, 5.41) is 0. The van der Waals surface area contributed by atoms with Gasteiger partial charge >= 0.3 is 11.9 Å². The summed E-state index contributed by atoms with van der Waals surface area (Å²) in [6.45, 7) is 1.58. The van der Waals surface area contributed by atoms with Gasteiger partial charge in [-0.05, 0) is 63.7 Å². The largest absolute Gasteiger partial charge is 0.459 e. The number of hydrogen-bond acceptors (Lipinski definition) is 6. The van der Waals surface area contributed by atoms with E-state index in [4.69, 9.17) is 18.9 Å². The lowest BCUT2D eigenvalue weighted by atomic mass is 10.1. The second-order valence-electron chi connectivity index (χ2n) is 5.11. The molecule has 2 aliphatic heterocycles. The summed E-state index contributed by atoms with van der Waals surface area (Å²) in [5.74, 6) is -1.06. The van der Waals surface area contributed by atoms with E-state index in [1.165, 1.54) is 0 Å². The third-order valence-electron chi connectivity index (χ3n) is 3.28. The Morgan fingerprint density at radius 3 is 1.33 bits per heavy atom. The van der Waals surface area contributed by atoms with E-state index >= 15 is 0 Å². The quantitative estimate of drug-likeness (QED) is 0.283. The molecule has 2 unspecified atom stereocenters. The zero-order valence-electron chi connectivity index (χ0n) is 11.9. The molecule has 0 aromatic heterocycles. The average molecular weight is 594 g/mol. The first-order valence-electron chi connectivity index (χ1n) is 6.83. The van der Waals surface area contributed by atoms with Crippen molar-refractivity contribution in [2.45, 2.75) is 12.2 Å². The van der Waals surface area contributed by atoms with E-state index in [1.54, 1.807) is 0 Å². The minimum atomic E-state index is -0.531. The summed E-state index contributed by atoms with van der Waals surface area (Å²) in [4.78, 5) is 24.6. The zero-order chi connectivity index (χ0) is 17.4. The Morgan fingerprint density at radius 2 is 1.08 bits per heavy atom. The summed E-state index contributed by atoms with van der Waals surface area (Å²) in [6.07, 6.45) is -0.0606. The standard InChI is InChI=1S/C14H10Br4O6/c15-9-7(13(19)23-3-5-1-21-5)10(16)12(18)8(11(9)17)14(20)24-4-6-2-22-6/h5-6H,1-4H2. The van der Waals surface area contributed by atoms with Crippen LogP contribution in [0.3, 0.4) is 0 Å². The smallest absolute Gasteiger partial charge is 0.340 e. The molecule has 24 heavy (non-hydrogen) atoms. The number of carbonyl (C=O) groups is 2. The summed E-state index contributed by atoms with van der Waals surface area (Å²) >= 11 is 13.4. The van der Waals surface area contributed by atoms with E-state index in [-0.39, 0.29) is 36.5 Å². The van der Waals surface area contributed by atoms with E-state index in [0.717, 1.165) is 0 Å². The molecular weight excluding hydrogens is 584 g/mol. The van der Waals surface area contributed by atoms with Crippen LogP contribution in [-0.2, 0) is 18.9 Å². The Morgan fingerprint density at radius 1 is 0.792 bits per heavy atom. The Bertz CT molecular complexity index is 611. The highest BCUT2D eigenvalue weighted by Crippen LogP contribution is 2.42. The fraction of sp³-hybridized carbons (Fsp3) is 0.429. The second-order valence-corrected chi connectivity index (χ2v) is 8.29. The summed E-state index contributed by atoms with van der Waals surface area (Å²) in [5.41, 5.74) is 0.521. The highest BCUT2D eigenvalue weighted by atomic mass is 79.9. The fourth-order valence-electron chi connectivity index (χ4n) is 1.80. The average Bonchev–Trinajstić information content (AvgIpc) is 3.44. The van der Waals surface area contributed by atoms with Gasteiger partial charge in [-0.1, -0.05) is 0 Å². The highest BCUT2D eigenvalue weighted by molar-refractivity contribution is 9.14. The number of esters is 2. The molecule has 2 heterocycles. The Hall–Kier alpha value is -0.000000000000000222. The van der Waals surface area contributed by atoms with Gasteiger partial charge in [0, 0.05) is 17.9 Å². The predicted octanol–water partition coefficient (Wildman–Crippen LogP) is 3.85.